The third-order valence-electron chi connectivity index (χ3n) is 3.61. The Morgan fingerprint density at radius 2 is 1.95 bits per heavy atom. The molecule has 0 bridgehead atoms. The Morgan fingerprint density at radius 1 is 1.10 bits per heavy atom. The lowest BCUT2D eigenvalue weighted by molar-refractivity contribution is 0.104. The molecule has 20 heavy (non-hydrogen) atoms. The van der Waals surface area contributed by atoms with Gasteiger partial charge in [0.15, 0.2) is 0 Å². The summed E-state index contributed by atoms with van der Waals surface area (Å²) < 4.78 is 6.70. The number of hydrogen-bond donors (Lipinski definition) is 0. The van der Waals surface area contributed by atoms with Crippen molar-refractivity contribution < 1.29 is 4.74 Å². The summed E-state index contributed by atoms with van der Waals surface area (Å²) in [5.74, 6) is 0. The maximum absolute atomic E-state index is 5.63. The zero-order chi connectivity index (χ0) is 13.8. The minimum Gasteiger partial charge on any atom is -0.378 e. The largest absolute Gasteiger partial charge is 0.378 e. The third kappa shape index (κ3) is 3.44. The number of halogens is 1. The fraction of sp³-hybridized carbons (Fsp3) is 0.375. The van der Waals surface area contributed by atoms with E-state index in [0.29, 0.717) is 6.10 Å². The van der Waals surface area contributed by atoms with Crippen LogP contribution in [0.1, 0.15) is 25.0 Å². The van der Waals surface area contributed by atoms with E-state index in [0.717, 1.165) is 40.9 Å². The minimum absolute atomic E-state index is 0.419. The molecule has 1 aliphatic heterocycles. The van der Waals surface area contributed by atoms with Gasteiger partial charge in [0, 0.05) is 16.6 Å². The maximum atomic E-state index is 5.63. The molecule has 0 spiro atoms. The molecule has 2 aromatic rings. The van der Waals surface area contributed by atoms with E-state index in [1.807, 2.05) is 30.3 Å². The van der Waals surface area contributed by atoms with Crippen molar-refractivity contribution in [1.29, 1.82) is 0 Å². The van der Waals surface area contributed by atoms with Crippen molar-refractivity contribution in [2.75, 3.05) is 6.61 Å². The zero-order valence-electron chi connectivity index (χ0n) is 11.3. The molecule has 1 saturated heterocycles. The molecule has 4 heteroatoms. The fourth-order valence-corrected chi connectivity index (χ4v) is 2.71. The van der Waals surface area contributed by atoms with Gasteiger partial charge in [-0.15, -0.1) is 0 Å². The molecule has 3 rings (SSSR count). The van der Waals surface area contributed by atoms with Crippen LogP contribution in [0, 0.1) is 0 Å². The topological polar surface area (TPSA) is 35.0 Å². The average molecular weight is 333 g/mol. The van der Waals surface area contributed by atoms with Gasteiger partial charge in [0.1, 0.15) is 0 Å². The number of aryl methyl sites for hydroxylation is 1. The van der Waals surface area contributed by atoms with Crippen LogP contribution in [0.2, 0.25) is 0 Å². The Morgan fingerprint density at radius 3 is 2.60 bits per heavy atom. The number of rotatable bonds is 4. The molecule has 1 aliphatic rings. The van der Waals surface area contributed by atoms with Crippen LogP contribution in [0.5, 0.6) is 0 Å². The predicted octanol–water partition coefficient (Wildman–Crippen LogP) is 4.02. The molecule has 1 atom stereocenters. The lowest BCUT2D eigenvalue weighted by Crippen LogP contribution is -2.07. The normalized spacial score (nSPS) is 18.4. The Bertz CT molecular complexity index is 548. The first-order chi connectivity index (χ1) is 9.81. The summed E-state index contributed by atoms with van der Waals surface area (Å²) in [6.45, 7) is 0.916. The summed E-state index contributed by atoms with van der Waals surface area (Å²) in [5, 5.41) is 8.64. The van der Waals surface area contributed by atoms with Crippen molar-refractivity contribution in [3.8, 4) is 11.3 Å². The fourth-order valence-electron chi connectivity index (χ4n) is 2.45. The van der Waals surface area contributed by atoms with Crippen molar-refractivity contribution in [1.82, 2.24) is 10.2 Å². The molecule has 1 fully saturated rings. The second kappa shape index (κ2) is 6.46. The van der Waals surface area contributed by atoms with Gasteiger partial charge < -0.3 is 4.74 Å². The standard InChI is InChI=1S/C16H17BrN2O/c17-13-5-3-12(4-6-13)16-10-8-14(18-19-16)7-9-15-2-1-11-20-15/h3-6,8,10,15H,1-2,7,9,11H2. The molecule has 1 aromatic carbocycles. The Balaban J connectivity index is 1.63. The van der Waals surface area contributed by atoms with Gasteiger partial charge in [0.05, 0.1) is 17.5 Å². The highest BCUT2D eigenvalue weighted by Gasteiger charge is 2.15. The highest BCUT2D eigenvalue weighted by atomic mass is 79.9. The molecule has 104 valence electrons. The van der Waals surface area contributed by atoms with E-state index in [4.69, 9.17) is 4.74 Å². The van der Waals surface area contributed by atoms with Gasteiger partial charge in [-0.2, -0.15) is 10.2 Å². The highest BCUT2D eigenvalue weighted by molar-refractivity contribution is 9.10. The quantitative estimate of drug-likeness (QED) is 0.848. The van der Waals surface area contributed by atoms with Gasteiger partial charge in [0.2, 0.25) is 0 Å². The third-order valence-corrected chi connectivity index (χ3v) is 4.13. The molecule has 0 radical (unpaired) electrons. The van der Waals surface area contributed by atoms with Crippen LogP contribution in [0.25, 0.3) is 11.3 Å². The number of nitrogens with zero attached hydrogens (tertiary/aromatic N) is 2. The van der Waals surface area contributed by atoms with E-state index < -0.39 is 0 Å². The average Bonchev–Trinajstić information content (AvgIpc) is 3.00. The van der Waals surface area contributed by atoms with E-state index in [9.17, 15) is 0 Å². The van der Waals surface area contributed by atoms with Gasteiger partial charge in [-0.1, -0.05) is 28.1 Å². The number of hydrogen-bond acceptors (Lipinski definition) is 3. The smallest absolute Gasteiger partial charge is 0.0929 e. The first kappa shape index (κ1) is 13.7. The zero-order valence-corrected chi connectivity index (χ0v) is 12.8. The van der Waals surface area contributed by atoms with E-state index in [-0.39, 0.29) is 0 Å². The maximum Gasteiger partial charge on any atom is 0.0929 e. The summed E-state index contributed by atoms with van der Waals surface area (Å²) in [5.41, 5.74) is 3.05. The molecule has 1 aromatic heterocycles. The van der Waals surface area contributed by atoms with Crippen molar-refractivity contribution in [3.05, 3.63) is 46.6 Å². The minimum atomic E-state index is 0.419. The predicted molar refractivity (Wildman–Crippen MR) is 82.5 cm³/mol. The van der Waals surface area contributed by atoms with Crippen LogP contribution >= 0.6 is 15.9 Å². The lowest BCUT2D eigenvalue weighted by Gasteiger charge is -2.08. The number of aromatic nitrogens is 2. The summed E-state index contributed by atoms with van der Waals surface area (Å²) in [7, 11) is 0. The Labute approximate surface area is 127 Å². The van der Waals surface area contributed by atoms with Crippen LogP contribution in [0.15, 0.2) is 40.9 Å². The van der Waals surface area contributed by atoms with Gasteiger partial charge in [0.25, 0.3) is 0 Å². The summed E-state index contributed by atoms with van der Waals surface area (Å²) in [6, 6.07) is 12.2. The van der Waals surface area contributed by atoms with Crippen LogP contribution < -0.4 is 0 Å². The van der Waals surface area contributed by atoms with Crippen molar-refractivity contribution >= 4 is 15.9 Å². The Hall–Kier alpha value is -1.26. The van der Waals surface area contributed by atoms with Crippen molar-refractivity contribution in [3.63, 3.8) is 0 Å². The second-order valence-corrected chi connectivity index (χ2v) is 6.01. The van der Waals surface area contributed by atoms with Crippen molar-refractivity contribution in [2.45, 2.75) is 31.8 Å². The van der Waals surface area contributed by atoms with Crippen molar-refractivity contribution in [2.24, 2.45) is 0 Å². The van der Waals surface area contributed by atoms with Crippen LogP contribution in [0.4, 0.5) is 0 Å². The van der Waals surface area contributed by atoms with E-state index in [2.05, 4.69) is 32.2 Å². The molecule has 2 heterocycles. The first-order valence-electron chi connectivity index (χ1n) is 7.01. The monoisotopic (exact) mass is 332 g/mol. The Kier molecular flexibility index (Phi) is 4.43. The van der Waals surface area contributed by atoms with Gasteiger partial charge in [-0.3, -0.25) is 0 Å². The summed E-state index contributed by atoms with van der Waals surface area (Å²) in [6.07, 6.45) is 4.79. The first-order valence-corrected chi connectivity index (χ1v) is 7.81. The van der Waals surface area contributed by atoms with Gasteiger partial charge >= 0.3 is 0 Å². The van der Waals surface area contributed by atoms with Crippen LogP contribution in [-0.4, -0.2) is 22.9 Å². The highest BCUT2D eigenvalue weighted by Crippen LogP contribution is 2.20. The van der Waals surface area contributed by atoms with Gasteiger partial charge in [-0.05, 0) is 49.9 Å². The molecule has 1 unspecified atom stereocenters. The molecule has 3 nitrogen and oxygen atoms in total. The molecule has 0 N–H and O–H groups in total. The van der Waals surface area contributed by atoms with Crippen LogP contribution in [-0.2, 0) is 11.2 Å². The SMILES string of the molecule is Brc1ccc(-c2ccc(CCC3CCCO3)nn2)cc1. The summed E-state index contributed by atoms with van der Waals surface area (Å²) >= 11 is 3.43. The van der Waals surface area contributed by atoms with Gasteiger partial charge in [-0.25, -0.2) is 0 Å². The molecular weight excluding hydrogens is 316 g/mol. The van der Waals surface area contributed by atoms with Crippen LogP contribution in [0.3, 0.4) is 0 Å². The molecular formula is C16H17BrN2O. The number of ether oxygens (including phenoxy) is 1. The molecule has 0 aliphatic carbocycles. The molecule has 0 saturated carbocycles. The van der Waals surface area contributed by atoms with E-state index in [1.165, 1.54) is 12.8 Å². The van der Waals surface area contributed by atoms with E-state index in [1.54, 1.807) is 0 Å². The second-order valence-electron chi connectivity index (χ2n) is 5.09. The number of benzene rings is 1. The summed E-state index contributed by atoms with van der Waals surface area (Å²) in [4.78, 5) is 0. The molecule has 0 amide bonds. The van der Waals surface area contributed by atoms with E-state index >= 15 is 0 Å². The lowest BCUT2D eigenvalue weighted by atomic mass is 10.1.